The van der Waals surface area contributed by atoms with Crippen molar-refractivity contribution in [1.82, 2.24) is 20.1 Å². The van der Waals surface area contributed by atoms with Crippen LogP contribution in [0.1, 0.15) is 31.2 Å². The summed E-state index contributed by atoms with van der Waals surface area (Å²) in [6.07, 6.45) is 5.20. The lowest BCUT2D eigenvalue weighted by Gasteiger charge is -2.33. The Morgan fingerprint density at radius 3 is 2.92 bits per heavy atom. The molecule has 24 heavy (non-hydrogen) atoms. The Morgan fingerprint density at radius 1 is 1.38 bits per heavy atom. The fraction of sp³-hybridized carbons (Fsp3) is 0.471. The molecule has 1 aromatic carbocycles. The zero-order valence-corrected chi connectivity index (χ0v) is 13.7. The summed E-state index contributed by atoms with van der Waals surface area (Å²) in [5, 5.41) is 8.91. The molecule has 0 unspecified atom stereocenters. The summed E-state index contributed by atoms with van der Waals surface area (Å²) in [4.78, 5) is 23.7. The average molecular weight is 330 g/mol. The second-order valence-corrected chi connectivity index (χ2v) is 6.17. The maximum Gasteiger partial charge on any atom is 0.343 e. The molecule has 7 nitrogen and oxygen atoms in total. The average Bonchev–Trinajstić information content (AvgIpc) is 2.96. The van der Waals surface area contributed by atoms with Gasteiger partial charge < -0.3 is 10.1 Å². The summed E-state index contributed by atoms with van der Waals surface area (Å²) in [5.74, 6) is 0.651. The molecule has 2 aromatic rings. The molecule has 0 aliphatic heterocycles. The predicted molar refractivity (Wildman–Crippen MR) is 88.8 cm³/mol. The second kappa shape index (κ2) is 7.33. The van der Waals surface area contributed by atoms with E-state index in [0.717, 1.165) is 37.0 Å². The van der Waals surface area contributed by atoms with E-state index < -0.39 is 0 Å². The van der Waals surface area contributed by atoms with Gasteiger partial charge in [0.1, 0.15) is 24.7 Å². The molecule has 1 aromatic heterocycles. The molecule has 1 aliphatic rings. The van der Waals surface area contributed by atoms with Crippen molar-refractivity contribution in [3.63, 3.8) is 0 Å². The van der Waals surface area contributed by atoms with Gasteiger partial charge in [-0.25, -0.2) is 9.89 Å². The maximum absolute atomic E-state index is 12.2. The predicted octanol–water partition coefficient (Wildman–Crippen LogP) is 1.39. The summed E-state index contributed by atoms with van der Waals surface area (Å²) >= 11 is 0. The Labute approximate surface area is 140 Å². The van der Waals surface area contributed by atoms with E-state index in [9.17, 15) is 9.59 Å². The van der Waals surface area contributed by atoms with E-state index in [2.05, 4.69) is 15.5 Å². The number of nitrogens with one attached hydrogen (secondary N) is 2. The number of hydrogen-bond donors (Lipinski definition) is 2. The Balaban J connectivity index is 1.64. The quantitative estimate of drug-likeness (QED) is 0.867. The first-order valence-electron chi connectivity index (χ1n) is 8.25. The van der Waals surface area contributed by atoms with Gasteiger partial charge in [0.2, 0.25) is 5.91 Å². The van der Waals surface area contributed by atoms with Crippen molar-refractivity contribution in [2.75, 3.05) is 0 Å². The summed E-state index contributed by atoms with van der Waals surface area (Å²) in [6, 6.07) is 7.84. The van der Waals surface area contributed by atoms with E-state index >= 15 is 0 Å². The largest absolute Gasteiger partial charge is 0.488 e. The zero-order valence-electron chi connectivity index (χ0n) is 13.7. The number of carbonyl (C=O) groups excluding carboxylic acids is 1. The van der Waals surface area contributed by atoms with Crippen molar-refractivity contribution in [3.05, 3.63) is 46.6 Å². The topological polar surface area (TPSA) is 89.0 Å². The highest BCUT2D eigenvalue weighted by molar-refractivity contribution is 5.76. The molecule has 7 heteroatoms. The van der Waals surface area contributed by atoms with Gasteiger partial charge >= 0.3 is 5.69 Å². The van der Waals surface area contributed by atoms with Crippen molar-refractivity contribution in [3.8, 4) is 5.75 Å². The minimum atomic E-state index is -0.387. The molecule has 1 saturated carbocycles. The number of amides is 1. The SMILES string of the molecule is Cc1ccccc1O[C@H]1CCCC[C@H]1NC(=O)Cn1cn[nH]c1=O. The summed E-state index contributed by atoms with van der Waals surface area (Å²) in [6.45, 7) is 1.97. The first-order chi connectivity index (χ1) is 11.6. The number of aromatic amines is 1. The molecule has 1 heterocycles. The van der Waals surface area contributed by atoms with Crippen LogP contribution in [0.5, 0.6) is 5.75 Å². The van der Waals surface area contributed by atoms with Crippen LogP contribution < -0.4 is 15.7 Å². The minimum Gasteiger partial charge on any atom is -0.488 e. The van der Waals surface area contributed by atoms with Gasteiger partial charge in [-0.2, -0.15) is 5.10 Å². The normalized spacial score (nSPS) is 20.5. The van der Waals surface area contributed by atoms with Crippen molar-refractivity contribution in [2.24, 2.45) is 0 Å². The highest BCUT2D eigenvalue weighted by Crippen LogP contribution is 2.26. The number of aromatic nitrogens is 3. The summed E-state index contributed by atoms with van der Waals surface area (Å²) in [5.41, 5.74) is 0.694. The molecule has 2 atom stereocenters. The van der Waals surface area contributed by atoms with Crippen LogP contribution in [0.4, 0.5) is 0 Å². The summed E-state index contributed by atoms with van der Waals surface area (Å²) in [7, 11) is 0. The van der Waals surface area contributed by atoms with E-state index in [1.165, 1.54) is 10.9 Å². The molecule has 1 fully saturated rings. The van der Waals surface area contributed by atoms with Gasteiger partial charge in [0, 0.05) is 0 Å². The lowest BCUT2D eigenvalue weighted by atomic mass is 9.92. The van der Waals surface area contributed by atoms with Crippen LogP contribution in [0.15, 0.2) is 35.4 Å². The van der Waals surface area contributed by atoms with E-state index in [1.807, 2.05) is 31.2 Å². The van der Waals surface area contributed by atoms with Crippen LogP contribution in [0, 0.1) is 6.92 Å². The number of para-hydroxylation sites is 1. The van der Waals surface area contributed by atoms with Crippen molar-refractivity contribution in [2.45, 2.75) is 51.3 Å². The molecule has 1 aliphatic carbocycles. The number of carbonyl (C=O) groups is 1. The number of benzene rings is 1. The maximum atomic E-state index is 12.2. The molecular weight excluding hydrogens is 308 g/mol. The van der Waals surface area contributed by atoms with Gasteiger partial charge in [-0.05, 0) is 37.8 Å². The minimum absolute atomic E-state index is 0.0388. The Hall–Kier alpha value is -2.57. The third-order valence-electron chi connectivity index (χ3n) is 4.35. The van der Waals surface area contributed by atoms with Crippen LogP contribution in [0.2, 0.25) is 0 Å². The molecule has 0 saturated heterocycles. The van der Waals surface area contributed by atoms with Crippen molar-refractivity contribution < 1.29 is 9.53 Å². The molecule has 1 amide bonds. The molecule has 0 bridgehead atoms. The fourth-order valence-corrected chi connectivity index (χ4v) is 3.04. The summed E-state index contributed by atoms with van der Waals surface area (Å²) < 4.78 is 7.40. The standard InChI is InChI=1S/C17H22N4O3/c1-12-6-2-4-8-14(12)24-15-9-5-3-7-13(15)19-16(22)10-21-11-18-20-17(21)23/h2,4,6,8,11,13,15H,3,5,7,9-10H2,1H3,(H,19,22)(H,20,23)/t13-,15+/m1/s1. The van der Waals surface area contributed by atoms with Crippen LogP contribution in [-0.4, -0.2) is 32.8 Å². The molecule has 0 spiro atoms. The van der Waals surface area contributed by atoms with Crippen molar-refractivity contribution >= 4 is 5.91 Å². The number of ether oxygens (including phenoxy) is 1. The fourth-order valence-electron chi connectivity index (χ4n) is 3.04. The molecule has 3 rings (SSSR count). The second-order valence-electron chi connectivity index (χ2n) is 6.17. The Bertz CT molecular complexity index is 752. The Kier molecular flexibility index (Phi) is 4.98. The number of H-pyrrole nitrogens is 1. The third-order valence-corrected chi connectivity index (χ3v) is 4.35. The number of nitrogens with zero attached hydrogens (tertiary/aromatic N) is 2. The van der Waals surface area contributed by atoms with Crippen LogP contribution in [-0.2, 0) is 11.3 Å². The van der Waals surface area contributed by atoms with Gasteiger partial charge in [0.15, 0.2) is 0 Å². The van der Waals surface area contributed by atoms with Gasteiger partial charge in [-0.3, -0.25) is 9.36 Å². The molecular formula is C17H22N4O3. The van der Waals surface area contributed by atoms with Gasteiger partial charge in [0.05, 0.1) is 6.04 Å². The lowest BCUT2D eigenvalue weighted by Crippen LogP contribution is -2.49. The monoisotopic (exact) mass is 330 g/mol. The first-order valence-corrected chi connectivity index (χ1v) is 8.25. The van der Waals surface area contributed by atoms with Gasteiger partial charge in [0.25, 0.3) is 0 Å². The Morgan fingerprint density at radius 2 is 2.17 bits per heavy atom. The number of hydrogen-bond acceptors (Lipinski definition) is 4. The van der Waals surface area contributed by atoms with Crippen molar-refractivity contribution in [1.29, 1.82) is 0 Å². The first kappa shape index (κ1) is 16.3. The lowest BCUT2D eigenvalue weighted by molar-refractivity contribution is -0.123. The van der Waals surface area contributed by atoms with E-state index in [4.69, 9.17) is 4.74 Å². The molecule has 0 radical (unpaired) electrons. The number of rotatable bonds is 5. The smallest absolute Gasteiger partial charge is 0.343 e. The van der Waals surface area contributed by atoms with Crippen LogP contribution in [0.25, 0.3) is 0 Å². The highest BCUT2D eigenvalue weighted by atomic mass is 16.5. The van der Waals surface area contributed by atoms with Gasteiger partial charge in [-0.15, -0.1) is 0 Å². The van der Waals surface area contributed by atoms with E-state index in [0.29, 0.717) is 0 Å². The zero-order chi connectivity index (χ0) is 16.9. The molecule has 128 valence electrons. The van der Waals surface area contributed by atoms with Crippen LogP contribution in [0.3, 0.4) is 0 Å². The van der Waals surface area contributed by atoms with E-state index in [-0.39, 0.29) is 30.3 Å². The molecule has 2 N–H and O–H groups in total. The van der Waals surface area contributed by atoms with E-state index in [1.54, 1.807) is 0 Å². The van der Waals surface area contributed by atoms with Gasteiger partial charge in [-0.1, -0.05) is 24.6 Å². The highest BCUT2D eigenvalue weighted by Gasteiger charge is 2.28. The number of aryl methyl sites for hydroxylation is 1. The third kappa shape index (κ3) is 3.84. The van der Waals surface area contributed by atoms with Crippen LogP contribution >= 0.6 is 0 Å².